The van der Waals surface area contributed by atoms with Gasteiger partial charge < -0.3 is 5.32 Å². The third-order valence-electron chi connectivity index (χ3n) is 4.38. The highest BCUT2D eigenvalue weighted by atomic mass is 79.9. The van der Waals surface area contributed by atoms with Crippen LogP contribution >= 0.6 is 27.7 Å². The van der Waals surface area contributed by atoms with Crippen LogP contribution in [0.15, 0.2) is 32.6 Å². The van der Waals surface area contributed by atoms with Gasteiger partial charge in [0.25, 0.3) is 5.56 Å². The maximum atomic E-state index is 12.8. The monoisotopic (exact) mass is 423 g/mol. The zero-order chi connectivity index (χ0) is 17.8. The summed E-state index contributed by atoms with van der Waals surface area (Å²) < 4.78 is 2.54. The zero-order valence-electron chi connectivity index (χ0n) is 14.3. The molecule has 1 aromatic carbocycles. The molecule has 2 aromatic rings. The number of nitrogens with one attached hydrogen (secondary N) is 1. The molecular formula is C18H22BrN3O2S. The Labute approximate surface area is 159 Å². The van der Waals surface area contributed by atoms with Crippen LogP contribution in [0.5, 0.6) is 0 Å². The number of hydrogen-bond donors (Lipinski definition) is 1. The van der Waals surface area contributed by atoms with Gasteiger partial charge in [0, 0.05) is 17.1 Å². The molecule has 1 fully saturated rings. The van der Waals surface area contributed by atoms with E-state index in [4.69, 9.17) is 0 Å². The normalized spacial score (nSPS) is 15.0. The van der Waals surface area contributed by atoms with E-state index in [9.17, 15) is 9.59 Å². The van der Waals surface area contributed by atoms with Crippen LogP contribution in [0.4, 0.5) is 0 Å². The van der Waals surface area contributed by atoms with Crippen LogP contribution in [-0.2, 0) is 11.3 Å². The maximum Gasteiger partial charge on any atom is 0.262 e. The smallest absolute Gasteiger partial charge is 0.262 e. The van der Waals surface area contributed by atoms with Crippen LogP contribution in [0.3, 0.4) is 0 Å². The number of amides is 1. The van der Waals surface area contributed by atoms with E-state index in [0.717, 1.165) is 23.7 Å². The van der Waals surface area contributed by atoms with Crippen molar-refractivity contribution in [2.45, 2.75) is 56.8 Å². The van der Waals surface area contributed by atoms with E-state index in [1.807, 2.05) is 19.1 Å². The molecule has 0 saturated heterocycles. The molecule has 1 saturated carbocycles. The third kappa shape index (κ3) is 4.44. The van der Waals surface area contributed by atoms with Gasteiger partial charge in [-0.15, -0.1) is 0 Å². The van der Waals surface area contributed by atoms with Crippen molar-refractivity contribution < 1.29 is 4.79 Å². The summed E-state index contributed by atoms with van der Waals surface area (Å²) >= 11 is 4.75. The van der Waals surface area contributed by atoms with Crippen molar-refractivity contribution >= 4 is 44.5 Å². The van der Waals surface area contributed by atoms with Crippen LogP contribution in [-0.4, -0.2) is 27.3 Å². The predicted molar refractivity (Wildman–Crippen MR) is 105 cm³/mol. The molecule has 1 amide bonds. The van der Waals surface area contributed by atoms with Crippen LogP contribution in [0.2, 0.25) is 0 Å². The first-order chi connectivity index (χ1) is 12.1. The third-order valence-corrected chi connectivity index (χ3v) is 5.85. The first kappa shape index (κ1) is 18.5. The average molecular weight is 424 g/mol. The Morgan fingerprint density at radius 3 is 2.88 bits per heavy atom. The van der Waals surface area contributed by atoms with Crippen molar-refractivity contribution in [1.82, 2.24) is 14.9 Å². The summed E-state index contributed by atoms with van der Waals surface area (Å²) in [4.78, 5) is 29.6. The Morgan fingerprint density at radius 1 is 1.40 bits per heavy atom. The number of carbonyl (C=O) groups excluding carboxylic acids is 1. The minimum atomic E-state index is -0.0492. The number of rotatable bonds is 6. The molecule has 3 rings (SSSR count). The number of hydrogen-bond acceptors (Lipinski definition) is 4. The van der Waals surface area contributed by atoms with Gasteiger partial charge in [-0.25, -0.2) is 4.98 Å². The van der Waals surface area contributed by atoms with Gasteiger partial charge in [0.15, 0.2) is 5.16 Å². The molecule has 1 aromatic heterocycles. The Kier molecular flexibility index (Phi) is 6.17. The van der Waals surface area contributed by atoms with Crippen molar-refractivity contribution in [3.05, 3.63) is 33.0 Å². The summed E-state index contributed by atoms with van der Waals surface area (Å²) in [6.07, 6.45) is 5.36. The van der Waals surface area contributed by atoms with Gasteiger partial charge in [-0.3, -0.25) is 14.2 Å². The molecule has 0 aliphatic heterocycles. The number of benzene rings is 1. The summed E-state index contributed by atoms with van der Waals surface area (Å²) in [5, 5.41) is 4.29. The molecule has 0 spiro atoms. The highest BCUT2D eigenvalue weighted by molar-refractivity contribution is 9.10. The van der Waals surface area contributed by atoms with Crippen molar-refractivity contribution in [3.8, 4) is 0 Å². The number of thioether (sulfide) groups is 1. The molecule has 25 heavy (non-hydrogen) atoms. The van der Waals surface area contributed by atoms with E-state index in [-0.39, 0.29) is 17.2 Å². The number of halogens is 1. The lowest BCUT2D eigenvalue weighted by molar-refractivity contribution is -0.119. The standard InChI is InChI=1S/C18H22BrN3O2S/c1-2-9-22-17(24)14-10-12(19)7-8-15(14)21-18(22)25-11-16(23)20-13-5-3-4-6-13/h7-8,10,13H,2-6,9,11H2,1H3,(H,20,23). The second kappa shape index (κ2) is 8.36. The molecule has 7 heteroatoms. The Balaban J connectivity index is 1.81. The van der Waals surface area contributed by atoms with E-state index in [1.54, 1.807) is 10.6 Å². The zero-order valence-corrected chi connectivity index (χ0v) is 16.7. The van der Waals surface area contributed by atoms with E-state index in [0.29, 0.717) is 28.6 Å². The molecule has 0 unspecified atom stereocenters. The first-order valence-corrected chi connectivity index (χ1v) is 10.5. The Morgan fingerprint density at radius 2 is 2.16 bits per heavy atom. The van der Waals surface area contributed by atoms with Crippen LogP contribution in [0.25, 0.3) is 10.9 Å². The minimum Gasteiger partial charge on any atom is -0.353 e. The van der Waals surface area contributed by atoms with Gasteiger partial charge in [-0.05, 0) is 37.5 Å². The van der Waals surface area contributed by atoms with Gasteiger partial charge in [-0.2, -0.15) is 0 Å². The number of aromatic nitrogens is 2. The lowest BCUT2D eigenvalue weighted by Gasteiger charge is -2.14. The van der Waals surface area contributed by atoms with Gasteiger partial charge in [0.1, 0.15) is 0 Å². The quantitative estimate of drug-likeness (QED) is 0.567. The maximum absolute atomic E-state index is 12.8. The first-order valence-electron chi connectivity index (χ1n) is 8.70. The molecule has 1 N–H and O–H groups in total. The van der Waals surface area contributed by atoms with Gasteiger partial charge in [0.2, 0.25) is 5.91 Å². The number of nitrogens with zero attached hydrogens (tertiary/aromatic N) is 2. The van der Waals surface area contributed by atoms with E-state index in [2.05, 4.69) is 26.2 Å². The largest absolute Gasteiger partial charge is 0.353 e. The fourth-order valence-electron chi connectivity index (χ4n) is 3.17. The summed E-state index contributed by atoms with van der Waals surface area (Å²) in [5.74, 6) is 0.305. The Bertz CT molecular complexity index is 831. The van der Waals surface area contributed by atoms with E-state index >= 15 is 0 Å². The molecule has 1 aliphatic rings. The fraction of sp³-hybridized carbons (Fsp3) is 0.500. The van der Waals surface area contributed by atoms with Gasteiger partial charge in [0.05, 0.1) is 16.7 Å². The lowest BCUT2D eigenvalue weighted by atomic mass is 10.2. The molecule has 134 valence electrons. The van der Waals surface area contributed by atoms with Crippen LogP contribution in [0.1, 0.15) is 39.0 Å². The van der Waals surface area contributed by atoms with Crippen molar-refractivity contribution in [2.75, 3.05) is 5.75 Å². The van der Waals surface area contributed by atoms with Gasteiger partial charge in [-0.1, -0.05) is 47.5 Å². The lowest BCUT2D eigenvalue weighted by Crippen LogP contribution is -2.34. The molecular weight excluding hydrogens is 402 g/mol. The molecule has 0 bridgehead atoms. The van der Waals surface area contributed by atoms with E-state index < -0.39 is 0 Å². The summed E-state index contributed by atoms with van der Waals surface area (Å²) in [6.45, 7) is 2.62. The van der Waals surface area contributed by atoms with Crippen LogP contribution < -0.4 is 10.9 Å². The SMILES string of the molecule is CCCn1c(SCC(=O)NC2CCCC2)nc2ccc(Br)cc2c1=O. The van der Waals surface area contributed by atoms with Crippen molar-refractivity contribution in [1.29, 1.82) is 0 Å². The molecule has 0 atom stereocenters. The van der Waals surface area contributed by atoms with Crippen molar-refractivity contribution in [2.24, 2.45) is 0 Å². The molecule has 0 radical (unpaired) electrons. The highest BCUT2D eigenvalue weighted by Gasteiger charge is 2.18. The second-order valence-corrected chi connectivity index (χ2v) is 8.21. The number of fused-ring (bicyclic) bond motifs is 1. The molecule has 1 heterocycles. The van der Waals surface area contributed by atoms with Crippen LogP contribution in [0, 0.1) is 0 Å². The Hall–Kier alpha value is -1.34. The summed E-state index contributed by atoms with van der Waals surface area (Å²) in [6, 6.07) is 5.82. The number of carbonyl (C=O) groups is 1. The average Bonchev–Trinajstić information content (AvgIpc) is 3.09. The van der Waals surface area contributed by atoms with Crippen molar-refractivity contribution in [3.63, 3.8) is 0 Å². The van der Waals surface area contributed by atoms with Gasteiger partial charge >= 0.3 is 0 Å². The minimum absolute atomic E-state index is 0.0186. The fourth-order valence-corrected chi connectivity index (χ4v) is 4.37. The van der Waals surface area contributed by atoms with E-state index in [1.165, 1.54) is 24.6 Å². The molecule has 5 nitrogen and oxygen atoms in total. The highest BCUT2D eigenvalue weighted by Crippen LogP contribution is 2.22. The predicted octanol–water partition coefficient (Wildman–Crippen LogP) is 3.72. The topological polar surface area (TPSA) is 64.0 Å². The molecule has 1 aliphatic carbocycles. The second-order valence-electron chi connectivity index (χ2n) is 6.35. The summed E-state index contributed by atoms with van der Waals surface area (Å²) in [5.41, 5.74) is 0.617. The summed E-state index contributed by atoms with van der Waals surface area (Å²) in [7, 11) is 0.